The van der Waals surface area contributed by atoms with Crippen LogP contribution in [0.4, 0.5) is 0 Å². The van der Waals surface area contributed by atoms with Gasteiger partial charge >= 0.3 is 0 Å². The maximum atomic E-state index is 11.5. The average Bonchev–Trinajstić information content (AvgIpc) is 2.36. The van der Waals surface area contributed by atoms with Crippen molar-refractivity contribution in [2.75, 3.05) is 46.2 Å². The van der Waals surface area contributed by atoms with Crippen LogP contribution in [0.15, 0.2) is 4.99 Å². The second-order valence-electron chi connectivity index (χ2n) is 3.95. The molecule has 0 aliphatic heterocycles. The van der Waals surface area contributed by atoms with Gasteiger partial charge in [-0.25, -0.2) is 18.6 Å². The summed E-state index contributed by atoms with van der Waals surface area (Å²) in [5, 5.41) is 2.84. The van der Waals surface area contributed by atoms with Crippen LogP contribution in [0.1, 0.15) is 13.3 Å². The Labute approximate surface area is 115 Å². The molecule has 0 unspecified atom stereocenters. The van der Waals surface area contributed by atoms with E-state index < -0.39 is 10.0 Å². The summed E-state index contributed by atoms with van der Waals surface area (Å²) in [6.07, 6.45) is 0.788. The van der Waals surface area contributed by atoms with Gasteiger partial charge in [-0.3, -0.25) is 10.4 Å². The molecule has 0 radical (unpaired) electrons. The molecule has 9 heteroatoms. The average molecular weight is 295 g/mol. The molecule has 19 heavy (non-hydrogen) atoms. The lowest BCUT2D eigenvalue weighted by atomic mass is 10.4. The Balaban J connectivity index is 3.96. The van der Waals surface area contributed by atoms with Crippen molar-refractivity contribution in [2.24, 2.45) is 10.8 Å². The van der Waals surface area contributed by atoms with Gasteiger partial charge in [0.2, 0.25) is 16.0 Å². The van der Waals surface area contributed by atoms with Gasteiger partial charge in [-0.05, 0) is 13.3 Å². The molecule has 0 spiro atoms. The highest BCUT2D eigenvalue weighted by Crippen LogP contribution is 1.92. The van der Waals surface area contributed by atoms with E-state index in [0.29, 0.717) is 25.7 Å². The number of hydrogen-bond donors (Lipinski definition) is 3. The van der Waals surface area contributed by atoms with E-state index in [9.17, 15) is 8.42 Å². The zero-order chi connectivity index (χ0) is 14.7. The minimum atomic E-state index is -3.21. The molecule has 0 rings (SSSR count). The highest BCUT2D eigenvalue weighted by atomic mass is 32.2. The first kappa shape index (κ1) is 18.1. The van der Waals surface area contributed by atoms with Crippen LogP contribution in [0.3, 0.4) is 0 Å². The summed E-state index contributed by atoms with van der Waals surface area (Å²) in [6.45, 7) is 4.07. The monoisotopic (exact) mass is 295 g/mol. The van der Waals surface area contributed by atoms with Crippen LogP contribution >= 0.6 is 0 Å². The van der Waals surface area contributed by atoms with E-state index in [0.717, 1.165) is 6.42 Å². The van der Waals surface area contributed by atoms with Crippen LogP contribution in [0.2, 0.25) is 0 Å². The van der Waals surface area contributed by atoms with Gasteiger partial charge in [0.05, 0.1) is 5.75 Å². The van der Waals surface area contributed by atoms with Crippen LogP contribution in [0.5, 0.6) is 0 Å². The van der Waals surface area contributed by atoms with Crippen molar-refractivity contribution >= 4 is 16.0 Å². The number of sulfonamides is 1. The van der Waals surface area contributed by atoms with Gasteiger partial charge in [-0.15, -0.1) is 0 Å². The smallest absolute Gasteiger partial charge is 0.215 e. The first-order valence-corrected chi connectivity index (χ1v) is 7.77. The van der Waals surface area contributed by atoms with Gasteiger partial charge in [-0.2, -0.15) is 0 Å². The van der Waals surface area contributed by atoms with Crippen molar-refractivity contribution in [3.8, 4) is 0 Å². The van der Waals surface area contributed by atoms with Crippen molar-refractivity contribution in [3.05, 3.63) is 0 Å². The molecule has 0 aromatic rings. The van der Waals surface area contributed by atoms with Gasteiger partial charge in [0.1, 0.15) is 0 Å². The van der Waals surface area contributed by atoms with Gasteiger partial charge < -0.3 is 10.1 Å². The van der Waals surface area contributed by atoms with E-state index in [1.54, 1.807) is 0 Å². The number of hydrazine groups is 1. The summed E-state index contributed by atoms with van der Waals surface area (Å²) in [6, 6.07) is 0. The Hall–Kier alpha value is -0.900. The van der Waals surface area contributed by atoms with Gasteiger partial charge in [0.15, 0.2) is 0 Å². The molecule has 0 aliphatic rings. The van der Waals surface area contributed by atoms with Crippen molar-refractivity contribution in [1.29, 1.82) is 0 Å². The van der Waals surface area contributed by atoms with Crippen LogP contribution < -0.4 is 16.6 Å². The Kier molecular flexibility index (Phi) is 9.48. The SMILES string of the molecule is CCOCCCN=C(NN)NCCS(=O)(=O)N(C)C. The summed E-state index contributed by atoms with van der Waals surface area (Å²) in [5.74, 6) is 5.65. The summed E-state index contributed by atoms with van der Waals surface area (Å²) in [7, 11) is -0.209. The Morgan fingerprint density at radius 1 is 1.42 bits per heavy atom. The van der Waals surface area contributed by atoms with Crippen molar-refractivity contribution in [2.45, 2.75) is 13.3 Å². The van der Waals surface area contributed by atoms with Crippen molar-refractivity contribution in [1.82, 2.24) is 15.0 Å². The lowest BCUT2D eigenvalue weighted by molar-refractivity contribution is 0.146. The summed E-state index contributed by atoms with van der Waals surface area (Å²) >= 11 is 0. The van der Waals surface area contributed by atoms with E-state index >= 15 is 0 Å². The molecular formula is C10H25N5O3S. The van der Waals surface area contributed by atoms with Crippen LogP contribution in [0, 0.1) is 0 Å². The molecule has 0 aliphatic carbocycles. The number of nitrogens with one attached hydrogen (secondary N) is 2. The Morgan fingerprint density at radius 3 is 2.63 bits per heavy atom. The lowest BCUT2D eigenvalue weighted by Gasteiger charge is -2.13. The predicted molar refractivity (Wildman–Crippen MR) is 76.2 cm³/mol. The first-order chi connectivity index (χ1) is 8.94. The van der Waals surface area contributed by atoms with Gasteiger partial charge in [0.25, 0.3) is 0 Å². The van der Waals surface area contributed by atoms with Crippen molar-refractivity contribution < 1.29 is 13.2 Å². The standard InChI is InChI=1S/C10H25N5O3S/c1-4-18-8-5-6-12-10(14-11)13-7-9-19(16,17)15(2)3/h4-9,11H2,1-3H3,(H2,12,13,14). The van der Waals surface area contributed by atoms with E-state index in [2.05, 4.69) is 15.7 Å². The molecule has 0 heterocycles. The van der Waals surface area contributed by atoms with Gasteiger partial charge in [0, 0.05) is 40.4 Å². The van der Waals surface area contributed by atoms with Gasteiger partial charge in [-0.1, -0.05) is 0 Å². The number of ether oxygens (including phenoxy) is 1. The van der Waals surface area contributed by atoms with Crippen molar-refractivity contribution in [3.63, 3.8) is 0 Å². The molecule has 0 atom stereocenters. The minimum Gasteiger partial charge on any atom is -0.382 e. The second kappa shape index (κ2) is 9.96. The van der Waals surface area contributed by atoms with Crippen LogP contribution in [0.25, 0.3) is 0 Å². The summed E-state index contributed by atoms with van der Waals surface area (Å²) < 4.78 is 29.4. The second-order valence-corrected chi connectivity index (χ2v) is 6.25. The number of hydrogen-bond acceptors (Lipinski definition) is 5. The van der Waals surface area contributed by atoms with E-state index in [1.807, 2.05) is 6.92 Å². The highest BCUT2D eigenvalue weighted by molar-refractivity contribution is 7.89. The topological polar surface area (TPSA) is 109 Å². The molecule has 0 aromatic heterocycles. The first-order valence-electron chi connectivity index (χ1n) is 6.17. The third kappa shape index (κ3) is 8.76. The largest absolute Gasteiger partial charge is 0.382 e. The number of rotatable bonds is 9. The fourth-order valence-electron chi connectivity index (χ4n) is 1.14. The minimum absolute atomic E-state index is 0.0142. The summed E-state index contributed by atoms with van der Waals surface area (Å²) in [4.78, 5) is 4.16. The predicted octanol–water partition coefficient (Wildman–Crippen LogP) is -1.29. The fourth-order valence-corrected chi connectivity index (χ4v) is 1.86. The Morgan fingerprint density at radius 2 is 2.11 bits per heavy atom. The molecule has 114 valence electrons. The highest BCUT2D eigenvalue weighted by Gasteiger charge is 2.12. The molecule has 0 saturated carbocycles. The molecule has 0 saturated heterocycles. The quantitative estimate of drug-likeness (QED) is 0.161. The number of guanidine groups is 1. The molecular weight excluding hydrogens is 270 g/mol. The zero-order valence-corrected chi connectivity index (χ0v) is 12.7. The molecule has 0 bridgehead atoms. The van der Waals surface area contributed by atoms with E-state index in [1.165, 1.54) is 18.4 Å². The normalized spacial score (nSPS) is 12.8. The van der Waals surface area contributed by atoms with E-state index in [-0.39, 0.29) is 12.3 Å². The maximum absolute atomic E-state index is 11.5. The third-order valence-electron chi connectivity index (χ3n) is 2.27. The zero-order valence-electron chi connectivity index (χ0n) is 11.8. The maximum Gasteiger partial charge on any atom is 0.215 e. The molecule has 0 amide bonds. The Bertz CT molecular complexity index is 356. The van der Waals surface area contributed by atoms with Crippen LogP contribution in [-0.4, -0.2) is 64.8 Å². The third-order valence-corrected chi connectivity index (χ3v) is 4.10. The molecule has 8 nitrogen and oxygen atoms in total. The molecule has 0 fully saturated rings. The molecule has 4 N–H and O–H groups in total. The number of aliphatic imine (C=N–C) groups is 1. The van der Waals surface area contributed by atoms with Crippen LogP contribution in [-0.2, 0) is 14.8 Å². The summed E-state index contributed by atoms with van der Waals surface area (Å²) in [5.41, 5.74) is 2.40. The van der Waals surface area contributed by atoms with E-state index in [4.69, 9.17) is 10.6 Å². The number of nitrogens with zero attached hydrogens (tertiary/aromatic N) is 2. The lowest BCUT2D eigenvalue weighted by Crippen LogP contribution is -2.44. The fraction of sp³-hybridized carbons (Fsp3) is 0.900. The molecule has 0 aromatic carbocycles. The number of nitrogens with two attached hydrogens (primary N) is 1.